The Bertz CT molecular complexity index is 719. The molecule has 0 atom stereocenters. The van der Waals surface area contributed by atoms with Crippen molar-refractivity contribution in [3.63, 3.8) is 0 Å². The normalized spacial score (nSPS) is 17.5. The summed E-state index contributed by atoms with van der Waals surface area (Å²) >= 11 is 0. The number of fused-ring (bicyclic) bond motifs is 1. The highest BCUT2D eigenvalue weighted by molar-refractivity contribution is 6.01. The largest absolute Gasteiger partial charge is 0.482 e. The maximum absolute atomic E-state index is 12.9. The average Bonchev–Trinajstić information content (AvgIpc) is 2.90. The Morgan fingerprint density at radius 2 is 1.85 bits per heavy atom. The number of likely N-dealkylation sites (N-methyl/N-ethyl adjacent to an activating group) is 1. The average molecular weight is 359 g/mol. The molecule has 2 aliphatic rings. The van der Waals surface area contributed by atoms with Crippen molar-refractivity contribution in [1.82, 2.24) is 9.80 Å². The first kappa shape index (κ1) is 18.2. The summed E-state index contributed by atoms with van der Waals surface area (Å²) in [6, 6.07) is 5.18. The topological polar surface area (TPSA) is 70.2 Å². The standard InChI is InChI=1S/C19H25N3O4/c1-3-5-17(23)21-8-4-9-22(11-10-21)19(25)14-6-7-16-15(12-14)20(2)18(24)13-26-16/h6-7,12H,3-5,8-11,13H2,1-2H3. The van der Waals surface area contributed by atoms with E-state index in [1.807, 2.05) is 11.8 Å². The second-order valence-electron chi connectivity index (χ2n) is 6.70. The molecule has 140 valence electrons. The van der Waals surface area contributed by atoms with Crippen LogP contribution in [0.3, 0.4) is 0 Å². The molecule has 7 heteroatoms. The summed E-state index contributed by atoms with van der Waals surface area (Å²) in [5.41, 5.74) is 1.14. The number of anilines is 1. The molecule has 0 spiro atoms. The number of benzene rings is 1. The van der Waals surface area contributed by atoms with Crippen LogP contribution < -0.4 is 9.64 Å². The molecule has 1 aromatic carbocycles. The van der Waals surface area contributed by atoms with Crippen molar-refractivity contribution >= 4 is 23.4 Å². The van der Waals surface area contributed by atoms with Gasteiger partial charge in [0.25, 0.3) is 11.8 Å². The van der Waals surface area contributed by atoms with Crippen LogP contribution in [0, 0.1) is 0 Å². The van der Waals surface area contributed by atoms with Crippen LogP contribution in [0.4, 0.5) is 5.69 Å². The molecular weight excluding hydrogens is 334 g/mol. The van der Waals surface area contributed by atoms with E-state index < -0.39 is 0 Å². The number of rotatable bonds is 3. The van der Waals surface area contributed by atoms with Crippen molar-refractivity contribution in [3.8, 4) is 5.75 Å². The molecule has 0 radical (unpaired) electrons. The highest BCUT2D eigenvalue weighted by Gasteiger charge is 2.26. The van der Waals surface area contributed by atoms with Crippen LogP contribution >= 0.6 is 0 Å². The molecule has 0 aromatic heterocycles. The zero-order chi connectivity index (χ0) is 18.7. The summed E-state index contributed by atoms with van der Waals surface area (Å²) in [6.07, 6.45) is 2.16. The first-order chi connectivity index (χ1) is 12.5. The Morgan fingerprint density at radius 3 is 2.62 bits per heavy atom. The van der Waals surface area contributed by atoms with Crippen LogP contribution in [0.15, 0.2) is 18.2 Å². The molecule has 0 aliphatic carbocycles. The molecule has 3 amide bonds. The predicted octanol–water partition coefficient (Wildman–Crippen LogP) is 1.52. The minimum Gasteiger partial charge on any atom is -0.482 e. The molecule has 2 heterocycles. The van der Waals surface area contributed by atoms with E-state index in [-0.39, 0.29) is 24.3 Å². The van der Waals surface area contributed by atoms with Crippen molar-refractivity contribution < 1.29 is 19.1 Å². The Morgan fingerprint density at radius 1 is 1.12 bits per heavy atom. The van der Waals surface area contributed by atoms with Crippen molar-refractivity contribution in [2.24, 2.45) is 0 Å². The van der Waals surface area contributed by atoms with Crippen LogP contribution in [0.2, 0.25) is 0 Å². The lowest BCUT2D eigenvalue weighted by molar-refractivity contribution is -0.131. The molecule has 0 bridgehead atoms. The minimum absolute atomic E-state index is 0.0184. The van der Waals surface area contributed by atoms with Crippen molar-refractivity contribution in [2.75, 3.05) is 44.7 Å². The van der Waals surface area contributed by atoms with Gasteiger partial charge in [-0.3, -0.25) is 14.4 Å². The Hall–Kier alpha value is -2.57. The van der Waals surface area contributed by atoms with Gasteiger partial charge >= 0.3 is 0 Å². The Kier molecular flexibility index (Phi) is 5.44. The number of nitrogens with zero attached hydrogens (tertiary/aromatic N) is 3. The Labute approximate surface area is 153 Å². The van der Waals surface area contributed by atoms with Crippen LogP contribution in [-0.4, -0.2) is 67.4 Å². The van der Waals surface area contributed by atoms with Gasteiger partial charge < -0.3 is 19.4 Å². The molecule has 0 saturated carbocycles. The first-order valence-electron chi connectivity index (χ1n) is 9.11. The molecule has 1 aromatic rings. The smallest absolute Gasteiger partial charge is 0.264 e. The van der Waals surface area contributed by atoms with Crippen molar-refractivity contribution in [3.05, 3.63) is 23.8 Å². The van der Waals surface area contributed by atoms with Gasteiger partial charge in [-0.15, -0.1) is 0 Å². The fourth-order valence-corrected chi connectivity index (χ4v) is 3.33. The van der Waals surface area contributed by atoms with Crippen LogP contribution in [-0.2, 0) is 9.59 Å². The number of carbonyl (C=O) groups excluding carboxylic acids is 3. The number of hydrogen-bond donors (Lipinski definition) is 0. The zero-order valence-electron chi connectivity index (χ0n) is 15.4. The van der Waals surface area contributed by atoms with Gasteiger partial charge in [-0.25, -0.2) is 0 Å². The van der Waals surface area contributed by atoms with Gasteiger partial charge in [-0.2, -0.15) is 0 Å². The first-order valence-corrected chi connectivity index (χ1v) is 9.11. The summed E-state index contributed by atoms with van der Waals surface area (Å²) in [5.74, 6) is 0.551. The van der Waals surface area contributed by atoms with Gasteiger partial charge in [0.2, 0.25) is 5.91 Å². The van der Waals surface area contributed by atoms with Gasteiger partial charge in [0, 0.05) is 45.2 Å². The highest BCUT2D eigenvalue weighted by atomic mass is 16.5. The van der Waals surface area contributed by atoms with Crippen LogP contribution in [0.1, 0.15) is 36.5 Å². The molecule has 0 N–H and O–H groups in total. The summed E-state index contributed by atoms with van der Waals surface area (Å²) < 4.78 is 5.41. The fraction of sp³-hybridized carbons (Fsp3) is 0.526. The zero-order valence-corrected chi connectivity index (χ0v) is 15.4. The molecule has 0 unspecified atom stereocenters. The lowest BCUT2D eigenvalue weighted by Gasteiger charge is -2.27. The third kappa shape index (κ3) is 3.66. The van der Waals surface area contributed by atoms with Crippen LogP contribution in [0.25, 0.3) is 0 Å². The van der Waals surface area contributed by atoms with E-state index in [4.69, 9.17) is 4.74 Å². The van der Waals surface area contributed by atoms with Gasteiger partial charge in [0.05, 0.1) is 5.69 Å². The van der Waals surface area contributed by atoms with E-state index in [0.29, 0.717) is 49.6 Å². The lowest BCUT2D eigenvalue weighted by Crippen LogP contribution is -2.38. The van der Waals surface area contributed by atoms with E-state index in [9.17, 15) is 14.4 Å². The van der Waals surface area contributed by atoms with E-state index in [2.05, 4.69) is 0 Å². The maximum Gasteiger partial charge on any atom is 0.264 e. The molecular formula is C19H25N3O4. The third-order valence-electron chi connectivity index (χ3n) is 4.89. The number of ether oxygens (including phenoxy) is 1. The summed E-state index contributed by atoms with van der Waals surface area (Å²) in [7, 11) is 1.68. The number of carbonyl (C=O) groups is 3. The van der Waals surface area contributed by atoms with E-state index in [1.54, 1.807) is 30.1 Å². The molecule has 26 heavy (non-hydrogen) atoms. The van der Waals surface area contributed by atoms with Crippen LogP contribution in [0.5, 0.6) is 5.75 Å². The monoisotopic (exact) mass is 359 g/mol. The molecule has 3 rings (SSSR count). The van der Waals surface area contributed by atoms with E-state index in [0.717, 1.165) is 12.8 Å². The van der Waals surface area contributed by atoms with Crippen molar-refractivity contribution in [1.29, 1.82) is 0 Å². The van der Waals surface area contributed by atoms with Gasteiger partial charge in [-0.05, 0) is 31.0 Å². The van der Waals surface area contributed by atoms with E-state index in [1.165, 1.54) is 4.90 Å². The molecule has 1 saturated heterocycles. The quantitative estimate of drug-likeness (QED) is 0.820. The number of amides is 3. The van der Waals surface area contributed by atoms with Gasteiger partial charge in [-0.1, -0.05) is 6.92 Å². The molecule has 1 fully saturated rings. The maximum atomic E-state index is 12.9. The lowest BCUT2D eigenvalue weighted by atomic mass is 10.1. The minimum atomic E-state index is -0.137. The summed E-state index contributed by atoms with van der Waals surface area (Å²) in [5, 5.41) is 0. The third-order valence-corrected chi connectivity index (χ3v) is 4.89. The highest BCUT2D eigenvalue weighted by Crippen LogP contribution is 2.32. The summed E-state index contributed by atoms with van der Waals surface area (Å²) in [6.45, 7) is 4.42. The summed E-state index contributed by atoms with van der Waals surface area (Å²) in [4.78, 5) is 42.0. The second-order valence-corrected chi connectivity index (χ2v) is 6.70. The predicted molar refractivity (Wildman–Crippen MR) is 97.4 cm³/mol. The van der Waals surface area contributed by atoms with E-state index >= 15 is 0 Å². The van der Waals surface area contributed by atoms with Crippen molar-refractivity contribution in [2.45, 2.75) is 26.2 Å². The second kappa shape index (κ2) is 7.76. The van der Waals surface area contributed by atoms with Gasteiger partial charge in [0.1, 0.15) is 5.75 Å². The van der Waals surface area contributed by atoms with Gasteiger partial charge in [0.15, 0.2) is 6.61 Å². The molecule has 7 nitrogen and oxygen atoms in total. The Balaban J connectivity index is 1.72. The number of hydrogen-bond acceptors (Lipinski definition) is 4. The SMILES string of the molecule is CCCC(=O)N1CCCN(C(=O)c2ccc3c(c2)N(C)C(=O)CO3)CC1. The fourth-order valence-electron chi connectivity index (χ4n) is 3.33. The molecule has 2 aliphatic heterocycles.